The molecule has 0 spiro atoms. The maximum atomic E-state index is 5.69. The van der Waals surface area contributed by atoms with Crippen molar-refractivity contribution >= 4 is 29.9 Å². The Hall–Kier alpha value is -1.61. The Morgan fingerprint density at radius 2 is 1.93 bits per heavy atom. The number of halogens is 1. The summed E-state index contributed by atoms with van der Waals surface area (Å²) in [4.78, 5) is 4.72. The van der Waals surface area contributed by atoms with E-state index in [9.17, 15) is 0 Å². The molecule has 0 saturated carbocycles. The molecule has 0 radical (unpaired) electrons. The Bertz CT molecular complexity index is 757. The highest BCUT2D eigenvalue weighted by molar-refractivity contribution is 14.0. The van der Waals surface area contributed by atoms with Crippen LogP contribution in [0.2, 0.25) is 0 Å². The highest BCUT2D eigenvalue weighted by Gasteiger charge is 2.02. The van der Waals surface area contributed by atoms with Crippen molar-refractivity contribution in [2.75, 3.05) is 13.1 Å². The molecular formula is C22H36IN5O. The normalized spacial score (nSPS) is 11.4. The Morgan fingerprint density at radius 1 is 1.17 bits per heavy atom. The third-order valence-corrected chi connectivity index (χ3v) is 4.28. The fourth-order valence-electron chi connectivity index (χ4n) is 2.93. The van der Waals surface area contributed by atoms with Gasteiger partial charge in [0.05, 0.1) is 24.9 Å². The zero-order valence-corrected chi connectivity index (χ0v) is 20.7. The number of ether oxygens (including phenoxy) is 1. The van der Waals surface area contributed by atoms with Gasteiger partial charge < -0.3 is 15.4 Å². The van der Waals surface area contributed by atoms with Crippen LogP contribution in [0.15, 0.2) is 35.3 Å². The average Bonchev–Trinajstić information content (AvgIpc) is 2.99. The van der Waals surface area contributed by atoms with Crippen molar-refractivity contribution in [3.05, 3.63) is 52.8 Å². The van der Waals surface area contributed by atoms with Crippen molar-refractivity contribution in [1.29, 1.82) is 0 Å². The molecule has 0 unspecified atom stereocenters. The lowest BCUT2D eigenvalue weighted by molar-refractivity contribution is 0.0657. The van der Waals surface area contributed by atoms with Gasteiger partial charge in [0, 0.05) is 25.3 Å². The van der Waals surface area contributed by atoms with E-state index in [2.05, 4.69) is 78.4 Å². The van der Waals surface area contributed by atoms with E-state index in [-0.39, 0.29) is 30.1 Å². The SMILES string of the molecule is CCNC(=NCc1cccc(COC(C)C)c1)NCCCn1nc(C)cc1C.I. The molecule has 2 rings (SSSR count). The molecule has 0 aliphatic heterocycles. The molecule has 0 amide bonds. The number of hydrogen-bond donors (Lipinski definition) is 2. The van der Waals surface area contributed by atoms with Crippen LogP contribution >= 0.6 is 24.0 Å². The van der Waals surface area contributed by atoms with Crippen LogP contribution in [0.5, 0.6) is 0 Å². The maximum Gasteiger partial charge on any atom is 0.191 e. The summed E-state index contributed by atoms with van der Waals surface area (Å²) >= 11 is 0. The number of aliphatic imine (C=N–C) groups is 1. The molecule has 2 N–H and O–H groups in total. The number of hydrogen-bond acceptors (Lipinski definition) is 3. The van der Waals surface area contributed by atoms with Crippen LogP contribution in [0.4, 0.5) is 0 Å². The number of aryl methyl sites for hydroxylation is 3. The van der Waals surface area contributed by atoms with Crippen molar-refractivity contribution in [3.63, 3.8) is 0 Å². The van der Waals surface area contributed by atoms with Crippen molar-refractivity contribution in [2.24, 2.45) is 4.99 Å². The van der Waals surface area contributed by atoms with Crippen LogP contribution in [-0.4, -0.2) is 34.9 Å². The van der Waals surface area contributed by atoms with Gasteiger partial charge in [-0.3, -0.25) is 4.68 Å². The summed E-state index contributed by atoms with van der Waals surface area (Å²) in [7, 11) is 0. The summed E-state index contributed by atoms with van der Waals surface area (Å²) in [5.74, 6) is 0.847. The van der Waals surface area contributed by atoms with Gasteiger partial charge in [0.15, 0.2) is 5.96 Å². The molecule has 1 aromatic carbocycles. The monoisotopic (exact) mass is 513 g/mol. The molecule has 0 saturated heterocycles. The highest BCUT2D eigenvalue weighted by Crippen LogP contribution is 2.09. The molecule has 0 bridgehead atoms. The van der Waals surface area contributed by atoms with E-state index in [1.807, 2.05) is 6.92 Å². The number of guanidine groups is 1. The van der Waals surface area contributed by atoms with Gasteiger partial charge in [-0.15, -0.1) is 24.0 Å². The topological polar surface area (TPSA) is 63.5 Å². The number of nitrogens with one attached hydrogen (secondary N) is 2. The fourth-order valence-corrected chi connectivity index (χ4v) is 2.93. The Kier molecular flexibility index (Phi) is 11.9. The van der Waals surface area contributed by atoms with Crippen molar-refractivity contribution in [3.8, 4) is 0 Å². The third-order valence-electron chi connectivity index (χ3n) is 4.28. The molecule has 6 nitrogen and oxygen atoms in total. The number of nitrogens with zero attached hydrogens (tertiary/aromatic N) is 3. The Morgan fingerprint density at radius 3 is 2.59 bits per heavy atom. The quantitative estimate of drug-likeness (QED) is 0.217. The van der Waals surface area contributed by atoms with Gasteiger partial charge in [-0.25, -0.2) is 4.99 Å². The summed E-state index contributed by atoms with van der Waals surface area (Å²) in [6.07, 6.45) is 1.23. The number of aromatic nitrogens is 2. The molecule has 29 heavy (non-hydrogen) atoms. The van der Waals surface area contributed by atoms with Gasteiger partial charge >= 0.3 is 0 Å². The Labute approximate surface area is 192 Å². The summed E-state index contributed by atoms with van der Waals surface area (Å²) in [6.45, 7) is 14.2. The first kappa shape index (κ1) is 25.4. The van der Waals surface area contributed by atoms with E-state index >= 15 is 0 Å². The van der Waals surface area contributed by atoms with Crippen LogP contribution in [0, 0.1) is 13.8 Å². The predicted molar refractivity (Wildman–Crippen MR) is 131 cm³/mol. The minimum absolute atomic E-state index is 0. The second-order valence-electron chi connectivity index (χ2n) is 7.31. The third kappa shape index (κ3) is 9.62. The zero-order valence-electron chi connectivity index (χ0n) is 18.4. The second-order valence-corrected chi connectivity index (χ2v) is 7.31. The molecule has 0 aliphatic rings. The summed E-state index contributed by atoms with van der Waals surface area (Å²) in [6, 6.07) is 10.5. The fraction of sp³-hybridized carbons (Fsp3) is 0.545. The molecule has 7 heteroatoms. The van der Waals surface area contributed by atoms with Crippen molar-refractivity contribution in [1.82, 2.24) is 20.4 Å². The molecular weight excluding hydrogens is 477 g/mol. The van der Waals surface area contributed by atoms with Crippen LogP contribution < -0.4 is 10.6 Å². The van der Waals surface area contributed by atoms with E-state index in [0.29, 0.717) is 13.2 Å². The number of rotatable bonds is 10. The van der Waals surface area contributed by atoms with Gasteiger partial charge in [0.25, 0.3) is 0 Å². The van der Waals surface area contributed by atoms with Gasteiger partial charge in [-0.1, -0.05) is 24.3 Å². The van der Waals surface area contributed by atoms with Crippen LogP contribution in [0.3, 0.4) is 0 Å². The zero-order chi connectivity index (χ0) is 20.4. The smallest absolute Gasteiger partial charge is 0.191 e. The van der Waals surface area contributed by atoms with Gasteiger partial charge in [-0.2, -0.15) is 5.10 Å². The minimum Gasteiger partial charge on any atom is -0.374 e. The minimum atomic E-state index is 0. The van der Waals surface area contributed by atoms with Crippen LogP contribution in [0.1, 0.15) is 49.7 Å². The maximum absolute atomic E-state index is 5.69. The van der Waals surface area contributed by atoms with Crippen LogP contribution in [-0.2, 0) is 24.4 Å². The lowest BCUT2D eigenvalue weighted by Gasteiger charge is -2.12. The van der Waals surface area contributed by atoms with E-state index in [4.69, 9.17) is 9.73 Å². The predicted octanol–water partition coefficient (Wildman–Crippen LogP) is 4.19. The highest BCUT2D eigenvalue weighted by atomic mass is 127. The summed E-state index contributed by atoms with van der Waals surface area (Å²) in [5, 5.41) is 11.2. The lowest BCUT2D eigenvalue weighted by Crippen LogP contribution is -2.38. The number of benzene rings is 1. The van der Waals surface area contributed by atoms with Crippen molar-refractivity contribution < 1.29 is 4.74 Å². The lowest BCUT2D eigenvalue weighted by atomic mass is 10.1. The van der Waals surface area contributed by atoms with Crippen LogP contribution in [0.25, 0.3) is 0 Å². The Balaban J connectivity index is 0.00000420. The van der Waals surface area contributed by atoms with Gasteiger partial charge in [0.1, 0.15) is 0 Å². The molecule has 2 aromatic rings. The second kappa shape index (κ2) is 13.6. The molecule has 1 aromatic heterocycles. The molecule has 0 atom stereocenters. The van der Waals surface area contributed by atoms with E-state index < -0.39 is 0 Å². The molecule has 0 aliphatic carbocycles. The summed E-state index contributed by atoms with van der Waals surface area (Å²) in [5.41, 5.74) is 4.65. The van der Waals surface area contributed by atoms with Crippen molar-refractivity contribution in [2.45, 2.75) is 66.8 Å². The van der Waals surface area contributed by atoms with E-state index in [0.717, 1.165) is 37.7 Å². The molecule has 0 fully saturated rings. The molecule has 162 valence electrons. The van der Waals surface area contributed by atoms with E-state index in [1.165, 1.54) is 16.8 Å². The first-order chi connectivity index (χ1) is 13.5. The first-order valence-electron chi connectivity index (χ1n) is 10.2. The molecule has 1 heterocycles. The largest absolute Gasteiger partial charge is 0.374 e. The summed E-state index contributed by atoms with van der Waals surface area (Å²) < 4.78 is 7.75. The average molecular weight is 513 g/mol. The van der Waals surface area contributed by atoms with Gasteiger partial charge in [0.2, 0.25) is 0 Å². The standard InChI is InChI=1S/C22H35N5O.HI/c1-6-23-22(24-11-8-12-27-19(5)13-18(4)26-27)25-15-20-9-7-10-21(14-20)16-28-17(2)3;/h7,9-10,13-14,17H,6,8,11-12,15-16H2,1-5H3,(H2,23,24,25);1H. The van der Waals surface area contributed by atoms with E-state index in [1.54, 1.807) is 0 Å². The first-order valence-corrected chi connectivity index (χ1v) is 10.2. The van der Waals surface area contributed by atoms with Gasteiger partial charge in [-0.05, 0) is 58.2 Å².